The van der Waals surface area contributed by atoms with Gasteiger partial charge in [-0.2, -0.15) is 0 Å². The molecule has 1 heterocycles. The fourth-order valence-corrected chi connectivity index (χ4v) is 2.95. The Morgan fingerprint density at radius 2 is 1.90 bits per heavy atom. The average molecular weight is 284 g/mol. The average Bonchev–Trinajstić information content (AvgIpc) is 2.45. The summed E-state index contributed by atoms with van der Waals surface area (Å²) in [5.74, 6) is -0.501. The third kappa shape index (κ3) is 3.34. The van der Waals surface area contributed by atoms with Crippen molar-refractivity contribution in [1.82, 2.24) is 4.90 Å². The quantitative estimate of drug-likeness (QED) is 0.902. The Morgan fingerprint density at radius 3 is 2.40 bits per heavy atom. The fraction of sp³-hybridized carbons (Fsp3) is 0.600. The molecule has 20 heavy (non-hydrogen) atoms. The highest BCUT2D eigenvalue weighted by atomic mass is 19.1. The zero-order valence-corrected chi connectivity index (χ0v) is 11.8. The number of piperidine rings is 1. The summed E-state index contributed by atoms with van der Waals surface area (Å²) in [5.41, 5.74) is 5.86. The Labute approximate surface area is 118 Å². The van der Waals surface area contributed by atoms with Crippen LogP contribution in [-0.4, -0.2) is 38.3 Å². The van der Waals surface area contributed by atoms with E-state index in [1.165, 1.54) is 18.2 Å². The predicted octanol–water partition coefficient (Wildman–Crippen LogP) is 2.32. The van der Waals surface area contributed by atoms with Gasteiger partial charge in [-0.3, -0.25) is 4.90 Å². The molecule has 0 bridgehead atoms. The van der Waals surface area contributed by atoms with E-state index in [9.17, 15) is 8.78 Å². The van der Waals surface area contributed by atoms with Crippen LogP contribution in [0.5, 0.6) is 0 Å². The minimum absolute atomic E-state index is 0.0974. The third-order valence-corrected chi connectivity index (χ3v) is 4.05. The monoisotopic (exact) mass is 284 g/mol. The summed E-state index contributed by atoms with van der Waals surface area (Å²) in [6.45, 7) is 2.55. The summed E-state index contributed by atoms with van der Waals surface area (Å²) in [4.78, 5) is 2.08. The Bertz CT molecular complexity index is 414. The lowest BCUT2D eigenvalue weighted by Crippen LogP contribution is -2.41. The number of rotatable bonds is 5. The molecule has 1 aliphatic heterocycles. The third-order valence-electron chi connectivity index (χ3n) is 4.05. The smallest absolute Gasteiger partial charge is 0.130 e. The molecule has 1 atom stereocenters. The van der Waals surface area contributed by atoms with Crippen LogP contribution in [0.1, 0.15) is 24.4 Å². The Morgan fingerprint density at radius 1 is 1.30 bits per heavy atom. The van der Waals surface area contributed by atoms with E-state index in [2.05, 4.69) is 4.90 Å². The molecule has 0 saturated carbocycles. The second-order valence-corrected chi connectivity index (χ2v) is 5.32. The van der Waals surface area contributed by atoms with Gasteiger partial charge in [-0.15, -0.1) is 0 Å². The standard InChI is InChI=1S/C15H22F2N2O/c1-20-10-11-5-7-19(8-6-11)14(9-18)15-12(16)3-2-4-13(15)17/h2-4,11,14H,5-10,18H2,1H3. The van der Waals surface area contributed by atoms with Gasteiger partial charge in [0.15, 0.2) is 0 Å². The van der Waals surface area contributed by atoms with Gasteiger partial charge in [0.25, 0.3) is 0 Å². The zero-order chi connectivity index (χ0) is 14.5. The van der Waals surface area contributed by atoms with E-state index in [0.717, 1.165) is 32.5 Å². The van der Waals surface area contributed by atoms with Crippen LogP contribution < -0.4 is 5.73 Å². The van der Waals surface area contributed by atoms with Crippen molar-refractivity contribution in [3.63, 3.8) is 0 Å². The minimum Gasteiger partial charge on any atom is -0.384 e. The number of ether oxygens (including phenoxy) is 1. The highest BCUT2D eigenvalue weighted by Crippen LogP contribution is 2.29. The van der Waals surface area contributed by atoms with Crippen molar-refractivity contribution in [2.24, 2.45) is 11.7 Å². The molecule has 2 N–H and O–H groups in total. The van der Waals surface area contributed by atoms with Crippen LogP contribution in [-0.2, 0) is 4.74 Å². The largest absolute Gasteiger partial charge is 0.384 e. The molecule has 1 aliphatic rings. The Kier molecular flexibility index (Phi) is 5.46. The van der Waals surface area contributed by atoms with Gasteiger partial charge in [0.05, 0.1) is 6.04 Å². The van der Waals surface area contributed by atoms with E-state index >= 15 is 0 Å². The summed E-state index contributed by atoms with van der Waals surface area (Å²) >= 11 is 0. The van der Waals surface area contributed by atoms with E-state index in [1.807, 2.05) is 0 Å². The maximum absolute atomic E-state index is 13.9. The lowest BCUT2D eigenvalue weighted by atomic mass is 9.94. The van der Waals surface area contributed by atoms with E-state index in [0.29, 0.717) is 5.92 Å². The van der Waals surface area contributed by atoms with Crippen molar-refractivity contribution >= 4 is 0 Å². The van der Waals surface area contributed by atoms with E-state index < -0.39 is 11.6 Å². The first-order valence-electron chi connectivity index (χ1n) is 7.04. The number of likely N-dealkylation sites (tertiary alicyclic amines) is 1. The van der Waals surface area contributed by atoms with Gasteiger partial charge >= 0.3 is 0 Å². The lowest BCUT2D eigenvalue weighted by molar-refractivity contribution is 0.0792. The molecule has 112 valence electrons. The van der Waals surface area contributed by atoms with Crippen molar-refractivity contribution in [3.05, 3.63) is 35.4 Å². The molecule has 0 aromatic heterocycles. The molecule has 1 fully saturated rings. The maximum atomic E-state index is 13.9. The van der Waals surface area contributed by atoms with E-state index in [1.54, 1.807) is 7.11 Å². The molecule has 0 amide bonds. The van der Waals surface area contributed by atoms with Crippen LogP contribution >= 0.6 is 0 Å². The number of benzene rings is 1. The molecule has 0 spiro atoms. The van der Waals surface area contributed by atoms with Crippen molar-refractivity contribution in [2.45, 2.75) is 18.9 Å². The van der Waals surface area contributed by atoms with Crippen LogP contribution in [0.2, 0.25) is 0 Å². The predicted molar refractivity (Wildman–Crippen MR) is 74.3 cm³/mol. The van der Waals surface area contributed by atoms with Crippen LogP contribution in [0.4, 0.5) is 8.78 Å². The normalized spacial score (nSPS) is 19.2. The Balaban J connectivity index is 2.10. The molecule has 1 saturated heterocycles. The topological polar surface area (TPSA) is 38.5 Å². The molecule has 3 nitrogen and oxygen atoms in total. The van der Waals surface area contributed by atoms with Crippen molar-refractivity contribution in [3.8, 4) is 0 Å². The summed E-state index contributed by atoms with van der Waals surface area (Å²) in [5, 5.41) is 0. The Hall–Kier alpha value is -1.04. The van der Waals surface area contributed by atoms with Crippen LogP contribution in [0.25, 0.3) is 0 Å². The number of hydrogen-bond acceptors (Lipinski definition) is 3. The molecule has 2 rings (SSSR count). The minimum atomic E-state index is -0.514. The van der Waals surface area contributed by atoms with Gasteiger partial charge in [0.1, 0.15) is 11.6 Å². The van der Waals surface area contributed by atoms with Gasteiger partial charge in [-0.1, -0.05) is 6.07 Å². The van der Waals surface area contributed by atoms with Crippen molar-refractivity contribution in [1.29, 1.82) is 0 Å². The van der Waals surface area contributed by atoms with E-state index in [-0.39, 0.29) is 18.2 Å². The molecule has 1 aromatic rings. The van der Waals surface area contributed by atoms with Gasteiger partial charge < -0.3 is 10.5 Å². The maximum Gasteiger partial charge on any atom is 0.130 e. The molecule has 0 aliphatic carbocycles. The summed E-state index contributed by atoms with van der Waals surface area (Å²) in [7, 11) is 1.70. The fourth-order valence-electron chi connectivity index (χ4n) is 2.95. The lowest BCUT2D eigenvalue weighted by Gasteiger charge is -2.37. The summed E-state index contributed by atoms with van der Waals surface area (Å²) in [6, 6.07) is 3.57. The van der Waals surface area contributed by atoms with Gasteiger partial charge in [-0.25, -0.2) is 8.78 Å². The number of hydrogen-bond donors (Lipinski definition) is 1. The number of nitrogens with two attached hydrogens (primary N) is 1. The van der Waals surface area contributed by atoms with Gasteiger partial charge in [0.2, 0.25) is 0 Å². The van der Waals surface area contributed by atoms with Crippen molar-refractivity contribution < 1.29 is 13.5 Å². The number of methoxy groups -OCH3 is 1. The van der Waals surface area contributed by atoms with Gasteiger partial charge in [0, 0.05) is 25.8 Å². The molecule has 1 unspecified atom stereocenters. The number of halogens is 2. The SMILES string of the molecule is COCC1CCN(C(CN)c2c(F)cccc2F)CC1. The first-order valence-corrected chi connectivity index (χ1v) is 7.04. The summed E-state index contributed by atoms with van der Waals surface area (Å²) in [6.07, 6.45) is 1.95. The van der Waals surface area contributed by atoms with Crippen molar-refractivity contribution in [2.75, 3.05) is 33.4 Å². The van der Waals surface area contributed by atoms with Crippen LogP contribution in [0.3, 0.4) is 0 Å². The van der Waals surface area contributed by atoms with E-state index in [4.69, 9.17) is 10.5 Å². The van der Waals surface area contributed by atoms with Crippen LogP contribution in [0.15, 0.2) is 18.2 Å². The van der Waals surface area contributed by atoms with Crippen LogP contribution in [0, 0.1) is 17.6 Å². The highest BCUT2D eigenvalue weighted by Gasteiger charge is 2.28. The molecular formula is C15H22F2N2O. The summed E-state index contributed by atoms with van der Waals surface area (Å²) < 4.78 is 33.0. The molecule has 1 aromatic carbocycles. The van der Waals surface area contributed by atoms with Gasteiger partial charge in [-0.05, 0) is 44.0 Å². The molecule has 5 heteroatoms. The molecule has 0 radical (unpaired) electrons. The molecular weight excluding hydrogens is 262 g/mol. The number of nitrogens with zero attached hydrogens (tertiary/aromatic N) is 1. The zero-order valence-electron chi connectivity index (χ0n) is 11.8. The first-order chi connectivity index (χ1) is 9.67. The highest BCUT2D eigenvalue weighted by molar-refractivity contribution is 5.24. The first kappa shape index (κ1) is 15.4. The second-order valence-electron chi connectivity index (χ2n) is 5.32. The second kappa shape index (κ2) is 7.11.